The van der Waals surface area contributed by atoms with Crippen LogP contribution in [0.4, 0.5) is 17.3 Å². The first-order chi connectivity index (χ1) is 11.0. The molecule has 2 rings (SSSR count). The van der Waals surface area contributed by atoms with Crippen LogP contribution in [0.1, 0.15) is 13.8 Å². The van der Waals surface area contributed by atoms with Gasteiger partial charge < -0.3 is 21.5 Å². The molecule has 0 saturated carbocycles. The number of hydrogen-bond donors (Lipinski definition) is 3. The number of rotatable bonds is 6. The van der Waals surface area contributed by atoms with Gasteiger partial charge in [-0.3, -0.25) is 4.79 Å². The summed E-state index contributed by atoms with van der Waals surface area (Å²) in [5.41, 5.74) is 11.9. The number of carbonyl (C=O) groups excluding carboxylic acids is 1. The van der Waals surface area contributed by atoms with Crippen molar-refractivity contribution < 1.29 is 9.53 Å². The van der Waals surface area contributed by atoms with Gasteiger partial charge >= 0.3 is 0 Å². The average molecular weight is 333 g/mol. The van der Waals surface area contributed by atoms with E-state index in [1.807, 2.05) is 19.1 Å². The summed E-state index contributed by atoms with van der Waals surface area (Å²) in [5, 5.41) is 2.78. The molecule has 8 heteroatoms. The molecule has 1 atom stereocenters. The maximum absolute atomic E-state index is 12.3. The van der Waals surface area contributed by atoms with E-state index < -0.39 is 5.25 Å². The van der Waals surface area contributed by atoms with Crippen LogP contribution in [0.2, 0.25) is 0 Å². The van der Waals surface area contributed by atoms with E-state index in [0.717, 1.165) is 0 Å². The summed E-state index contributed by atoms with van der Waals surface area (Å²) in [4.78, 5) is 20.4. The van der Waals surface area contributed by atoms with Crippen LogP contribution in [-0.4, -0.2) is 27.7 Å². The fraction of sp³-hybridized carbons (Fsp3) is 0.267. The highest BCUT2D eigenvalue weighted by Crippen LogP contribution is 2.26. The molecular formula is C15H19N5O2S. The van der Waals surface area contributed by atoms with Crippen LogP contribution in [-0.2, 0) is 4.79 Å². The number of nitrogens with two attached hydrogens (primary N) is 2. The second-order valence-electron chi connectivity index (χ2n) is 4.68. The number of thioether (sulfide) groups is 1. The normalized spacial score (nSPS) is 11.7. The molecule has 2 aromatic rings. The molecule has 0 saturated heterocycles. The summed E-state index contributed by atoms with van der Waals surface area (Å²) in [7, 11) is 0. The number of nitrogens with zero attached hydrogens (tertiary/aromatic N) is 2. The third-order valence-electron chi connectivity index (χ3n) is 2.84. The molecule has 0 aliphatic rings. The lowest BCUT2D eigenvalue weighted by atomic mass is 10.3. The minimum absolute atomic E-state index is 0.188. The van der Waals surface area contributed by atoms with E-state index in [1.54, 1.807) is 19.1 Å². The lowest BCUT2D eigenvalue weighted by molar-refractivity contribution is -0.115. The molecule has 7 nitrogen and oxygen atoms in total. The van der Waals surface area contributed by atoms with E-state index in [0.29, 0.717) is 23.2 Å². The molecular weight excluding hydrogens is 314 g/mol. The molecule has 1 amide bonds. The van der Waals surface area contributed by atoms with Gasteiger partial charge in [-0.15, -0.1) is 0 Å². The van der Waals surface area contributed by atoms with Gasteiger partial charge in [0.25, 0.3) is 0 Å². The maximum Gasteiger partial charge on any atom is 0.237 e. The zero-order chi connectivity index (χ0) is 16.8. The predicted octanol–water partition coefficient (Wildman–Crippen LogP) is 2.16. The molecule has 23 heavy (non-hydrogen) atoms. The fourth-order valence-corrected chi connectivity index (χ4v) is 2.61. The molecule has 5 N–H and O–H groups in total. The Hall–Kier alpha value is -2.48. The summed E-state index contributed by atoms with van der Waals surface area (Å²) in [6.07, 6.45) is 0. The average Bonchev–Trinajstić information content (AvgIpc) is 2.48. The second-order valence-corrected chi connectivity index (χ2v) is 5.99. The number of aromatic nitrogens is 2. The number of hydrogen-bond acceptors (Lipinski definition) is 7. The van der Waals surface area contributed by atoms with E-state index in [4.69, 9.17) is 16.2 Å². The maximum atomic E-state index is 12.3. The van der Waals surface area contributed by atoms with Gasteiger partial charge in [0.15, 0.2) is 5.16 Å². The molecule has 0 fully saturated rings. The third kappa shape index (κ3) is 4.75. The monoisotopic (exact) mass is 333 g/mol. The minimum atomic E-state index is -0.425. The smallest absolute Gasteiger partial charge is 0.237 e. The number of amides is 1. The highest BCUT2D eigenvalue weighted by atomic mass is 32.2. The quantitative estimate of drug-likeness (QED) is 0.548. The van der Waals surface area contributed by atoms with Crippen molar-refractivity contribution in [1.29, 1.82) is 0 Å². The van der Waals surface area contributed by atoms with Gasteiger partial charge in [-0.1, -0.05) is 23.9 Å². The first-order valence-electron chi connectivity index (χ1n) is 7.09. The van der Waals surface area contributed by atoms with Crippen LogP contribution >= 0.6 is 11.8 Å². The van der Waals surface area contributed by atoms with Gasteiger partial charge in [0.1, 0.15) is 17.4 Å². The predicted molar refractivity (Wildman–Crippen MR) is 92.4 cm³/mol. The number of ether oxygens (including phenoxy) is 1. The number of anilines is 3. The Bertz CT molecular complexity index is 675. The van der Waals surface area contributed by atoms with E-state index in [-0.39, 0.29) is 17.5 Å². The molecule has 1 aromatic carbocycles. The Morgan fingerprint density at radius 3 is 2.61 bits per heavy atom. The molecule has 0 bridgehead atoms. The van der Waals surface area contributed by atoms with Gasteiger partial charge in [-0.2, -0.15) is 0 Å². The van der Waals surface area contributed by atoms with Crippen molar-refractivity contribution in [3.63, 3.8) is 0 Å². The summed E-state index contributed by atoms with van der Waals surface area (Å²) >= 11 is 1.18. The first-order valence-corrected chi connectivity index (χ1v) is 7.97. The molecule has 1 aromatic heterocycles. The van der Waals surface area contributed by atoms with Crippen LogP contribution in [0.25, 0.3) is 0 Å². The van der Waals surface area contributed by atoms with E-state index in [2.05, 4.69) is 15.3 Å². The number of nitrogen functional groups attached to an aromatic ring is 2. The Morgan fingerprint density at radius 2 is 1.96 bits per heavy atom. The largest absolute Gasteiger partial charge is 0.492 e. The first kappa shape index (κ1) is 16.9. The van der Waals surface area contributed by atoms with Crippen LogP contribution < -0.4 is 21.5 Å². The standard InChI is InChI=1S/C15H19N5O2S/c1-3-22-11-7-5-4-6-10(11)18-14(21)9(2)23-15-19-12(16)8-13(17)20-15/h4-9H,3H2,1-2H3,(H,18,21)(H4,16,17,19,20). The molecule has 1 heterocycles. The summed E-state index contributed by atoms with van der Waals surface area (Å²) < 4.78 is 5.49. The van der Waals surface area contributed by atoms with Crippen molar-refractivity contribution >= 4 is 35.0 Å². The second kappa shape index (κ2) is 7.68. The zero-order valence-corrected chi connectivity index (χ0v) is 13.8. The van der Waals surface area contributed by atoms with Gasteiger partial charge in [-0.25, -0.2) is 9.97 Å². The number of nitrogens with one attached hydrogen (secondary N) is 1. The highest BCUT2D eigenvalue weighted by Gasteiger charge is 2.18. The van der Waals surface area contributed by atoms with Gasteiger partial charge in [0.2, 0.25) is 5.91 Å². The van der Waals surface area contributed by atoms with Crippen LogP contribution in [0, 0.1) is 0 Å². The molecule has 122 valence electrons. The Balaban J connectivity index is 2.05. The van der Waals surface area contributed by atoms with Gasteiger partial charge in [0, 0.05) is 6.07 Å². The fourth-order valence-electron chi connectivity index (χ4n) is 1.81. The lowest BCUT2D eigenvalue weighted by Gasteiger charge is -2.14. The molecule has 0 aliphatic carbocycles. The van der Waals surface area contributed by atoms with Crippen molar-refractivity contribution in [1.82, 2.24) is 9.97 Å². The van der Waals surface area contributed by atoms with Crippen molar-refractivity contribution in [2.45, 2.75) is 24.3 Å². The highest BCUT2D eigenvalue weighted by molar-refractivity contribution is 8.00. The van der Waals surface area contributed by atoms with Gasteiger partial charge in [-0.05, 0) is 26.0 Å². The van der Waals surface area contributed by atoms with Crippen LogP contribution in [0.15, 0.2) is 35.5 Å². The van der Waals surface area contributed by atoms with Gasteiger partial charge in [0.05, 0.1) is 17.5 Å². The van der Waals surface area contributed by atoms with Crippen LogP contribution in [0.5, 0.6) is 5.75 Å². The summed E-state index contributed by atoms with van der Waals surface area (Å²) in [6, 6.07) is 8.74. The Morgan fingerprint density at radius 1 is 1.30 bits per heavy atom. The molecule has 0 spiro atoms. The zero-order valence-electron chi connectivity index (χ0n) is 12.9. The molecule has 0 aliphatic heterocycles. The number of benzene rings is 1. The van der Waals surface area contributed by atoms with E-state index >= 15 is 0 Å². The summed E-state index contributed by atoms with van der Waals surface area (Å²) in [6.45, 7) is 4.16. The number of para-hydroxylation sites is 2. The van der Waals surface area contributed by atoms with E-state index in [9.17, 15) is 4.79 Å². The third-order valence-corrected chi connectivity index (χ3v) is 3.80. The lowest BCUT2D eigenvalue weighted by Crippen LogP contribution is -2.23. The topological polar surface area (TPSA) is 116 Å². The number of carbonyl (C=O) groups is 1. The van der Waals surface area contributed by atoms with Crippen molar-refractivity contribution in [3.8, 4) is 5.75 Å². The Kier molecular flexibility index (Phi) is 5.64. The Labute approximate surface area is 138 Å². The van der Waals surface area contributed by atoms with Crippen molar-refractivity contribution in [3.05, 3.63) is 30.3 Å². The van der Waals surface area contributed by atoms with Crippen molar-refractivity contribution in [2.24, 2.45) is 0 Å². The van der Waals surface area contributed by atoms with Crippen molar-refractivity contribution in [2.75, 3.05) is 23.4 Å². The SMILES string of the molecule is CCOc1ccccc1NC(=O)C(C)Sc1nc(N)cc(N)n1. The van der Waals surface area contributed by atoms with Crippen LogP contribution in [0.3, 0.4) is 0 Å². The molecule has 0 radical (unpaired) electrons. The summed E-state index contributed by atoms with van der Waals surface area (Å²) in [5.74, 6) is 0.986. The molecule has 1 unspecified atom stereocenters. The van der Waals surface area contributed by atoms with E-state index in [1.165, 1.54) is 17.8 Å². The minimum Gasteiger partial charge on any atom is -0.492 e.